The quantitative estimate of drug-likeness (QED) is 0.502. The fourth-order valence-electron chi connectivity index (χ4n) is 1.78. The van der Waals surface area contributed by atoms with Gasteiger partial charge in [0.15, 0.2) is 5.78 Å². The number of hydrogen-bond donors (Lipinski definition) is 3. The number of ketones is 1. The van der Waals surface area contributed by atoms with E-state index in [1.54, 1.807) is 31.4 Å². The summed E-state index contributed by atoms with van der Waals surface area (Å²) in [7, 11) is 1.55. The lowest BCUT2D eigenvalue weighted by Gasteiger charge is -2.20. The van der Waals surface area contributed by atoms with Crippen molar-refractivity contribution < 1.29 is 19.4 Å². The van der Waals surface area contributed by atoms with Gasteiger partial charge in [0.2, 0.25) is 0 Å². The highest BCUT2D eigenvalue weighted by Crippen LogP contribution is 2.14. The Labute approximate surface area is 123 Å². The molecule has 0 radical (unpaired) electrons. The number of carboxylic acid groups (broad SMARTS) is 1. The van der Waals surface area contributed by atoms with E-state index in [1.807, 2.05) is 6.92 Å². The van der Waals surface area contributed by atoms with E-state index < -0.39 is 18.1 Å². The summed E-state index contributed by atoms with van der Waals surface area (Å²) in [6.45, 7) is 1.83. The molecule has 0 bridgehead atoms. The molecule has 2 N–H and O–H groups in total. The van der Waals surface area contributed by atoms with Crippen LogP contribution in [0.25, 0.3) is 0 Å². The summed E-state index contributed by atoms with van der Waals surface area (Å²) in [5.41, 5.74) is 0.522. The number of aliphatic carboxylic acids is 1. The highest BCUT2D eigenvalue weighted by atomic mass is 32.1. The summed E-state index contributed by atoms with van der Waals surface area (Å²) in [5, 5.41) is 11.8. The molecule has 20 heavy (non-hydrogen) atoms. The van der Waals surface area contributed by atoms with Gasteiger partial charge < -0.3 is 9.84 Å². The maximum Gasteiger partial charge on any atom is 0.321 e. The van der Waals surface area contributed by atoms with Crippen molar-refractivity contribution in [3.63, 3.8) is 0 Å². The molecule has 0 fully saturated rings. The normalized spacial score (nSPS) is 13.6. The maximum atomic E-state index is 12.3. The molecule has 6 heteroatoms. The number of hydrogen-bond acceptors (Lipinski definition) is 5. The Morgan fingerprint density at radius 2 is 1.90 bits per heavy atom. The number of carbonyl (C=O) groups excluding carboxylic acids is 1. The largest absolute Gasteiger partial charge is 0.497 e. The fourth-order valence-corrected chi connectivity index (χ4v) is 2.04. The molecule has 0 aliphatic heterocycles. The van der Waals surface area contributed by atoms with E-state index in [4.69, 9.17) is 9.84 Å². The summed E-state index contributed by atoms with van der Waals surface area (Å²) in [6.07, 6.45) is 0.502. The zero-order valence-electron chi connectivity index (χ0n) is 11.5. The van der Waals surface area contributed by atoms with E-state index in [2.05, 4.69) is 17.9 Å². The molecule has 0 aliphatic rings. The van der Waals surface area contributed by atoms with Gasteiger partial charge in [0.05, 0.1) is 13.2 Å². The third-order valence-electron chi connectivity index (χ3n) is 2.98. The number of carboxylic acids is 1. The van der Waals surface area contributed by atoms with Gasteiger partial charge in [0.1, 0.15) is 11.8 Å². The van der Waals surface area contributed by atoms with Gasteiger partial charge in [-0.25, -0.2) is 0 Å². The van der Waals surface area contributed by atoms with Gasteiger partial charge >= 0.3 is 5.97 Å². The molecule has 2 atom stereocenters. The second-order valence-corrected chi connectivity index (χ2v) is 4.66. The van der Waals surface area contributed by atoms with Crippen LogP contribution in [0.4, 0.5) is 0 Å². The Morgan fingerprint density at radius 3 is 2.30 bits per heavy atom. The van der Waals surface area contributed by atoms with Crippen molar-refractivity contribution in [3.8, 4) is 5.75 Å². The van der Waals surface area contributed by atoms with Crippen LogP contribution < -0.4 is 10.1 Å². The van der Waals surface area contributed by atoms with Crippen LogP contribution in [-0.4, -0.2) is 41.8 Å². The van der Waals surface area contributed by atoms with E-state index >= 15 is 0 Å². The number of rotatable bonds is 8. The highest BCUT2D eigenvalue weighted by molar-refractivity contribution is 7.80. The number of ether oxygens (including phenoxy) is 1. The topological polar surface area (TPSA) is 75.6 Å². The lowest BCUT2D eigenvalue weighted by Crippen LogP contribution is -2.47. The minimum absolute atomic E-state index is 0.127. The summed E-state index contributed by atoms with van der Waals surface area (Å²) >= 11 is 3.98. The second-order valence-electron chi connectivity index (χ2n) is 4.29. The van der Waals surface area contributed by atoms with Crippen LogP contribution in [0.5, 0.6) is 5.75 Å². The Kier molecular flexibility index (Phi) is 6.54. The lowest BCUT2D eigenvalue weighted by atomic mass is 10.0. The Balaban J connectivity index is 2.82. The molecule has 110 valence electrons. The van der Waals surface area contributed by atoms with Crippen molar-refractivity contribution in [2.24, 2.45) is 0 Å². The van der Waals surface area contributed by atoms with Crippen LogP contribution in [-0.2, 0) is 4.79 Å². The van der Waals surface area contributed by atoms with Gasteiger partial charge in [-0.3, -0.25) is 14.9 Å². The maximum absolute atomic E-state index is 12.3. The van der Waals surface area contributed by atoms with E-state index in [1.165, 1.54) is 0 Å². The van der Waals surface area contributed by atoms with Gasteiger partial charge in [0, 0.05) is 11.3 Å². The van der Waals surface area contributed by atoms with Crippen LogP contribution in [0, 0.1) is 0 Å². The first-order valence-electron chi connectivity index (χ1n) is 6.31. The molecular weight excluding hydrogens is 278 g/mol. The van der Waals surface area contributed by atoms with E-state index in [9.17, 15) is 9.59 Å². The fraction of sp³-hybridized carbons (Fsp3) is 0.429. The average molecular weight is 297 g/mol. The predicted molar refractivity (Wildman–Crippen MR) is 79.8 cm³/mol. The summed E-state index contributed by atoms with van der Waals surface area (Å²) in [6, 6.07) is 5.35. The van der Waals surface area contributed by atoms with Crippen LogP contribution in [0.1, 0.15) is 23.7 Å². The Bertz CT molecular complexity index is 461. The molecule has 0 spiro atoms. The Morgan fingerprint density at radius 1 is 1.30 bits per heavy atom. The monoisotopic (exact) mass is 297 g/mol. The minimum Gasteiger partial charge on any atom is -0.497 e. The molecule has 2 unspecified atom stereocenters. The van der Waals surface area contributed by atoms with Crippen molar-refractivity contribution >= 4 is 24.4 Å². The van der Waals surface area contributed by atoms with E-state index in [0.29, 0.717) is 17.7 Å². The molecule has 0 amide bonds. The number of methoxy groups -OCH3 is 1. The SMILES string of the molecule is CCC(NC(CS)C(=O)O)C(=O)c1ccc(OC)cc1. The standard InChI is InChI=1S/C14H19NO4S/c1-3-11(15-12(8-20)14(17)18)13(16)9-4-6-10(19-2)7-5-9/h4-7,11-12,15,20H,3,8H2,1-2H3,(H,17,18). The number of carbonyl (C=O) groups is 2. The third kappa shape index (κ3) is 4.25. The molecule has 0 saturated heterocycles. The second kappa shape index (κ2) is 7.91. The molecule has 1 aromatic carbocycles. The molecule has 0 heterocycles. The zero-order chi connectivity index (χ0) is 15.1. The molecule has 1 aromatic rings. The van der Waals surface area contributed by atoms with Gasteiger partial charge in [-0.1, -0.05) is 6.92 Å². The van der Waals surface area contributed by atoms with Gasteiger partial charge in [-0.05, 0) is 30.7 Å². The molecule has 0 aromatic heterocycles. The van der Waals surface area contributed by atoms with Gasteiger partial charge in [-0.2, -0.15) is 12.6 Å². The summed E-state index contributed by atoms with van der Waals surface area (Å²) < 4.78 is 5.03. The van der Waals surface area contributed by atoms with Gasteiger partial charge in [-0.15, -0.1) is 0 Å². The third-order valence-corrected chi connectivity index (χ3v) is 3.35. The molecule has 0 saturated carbocycles. The first kappa shape index (κ1) is 16.5. The lowest BCUT2D eigenvalue weighted by molar-refractivity contribution is -0.138. The Hall–Kier alpha value is -1.53. The zero-order valence-corrected chi connectivity index (χ0v) is 12.4. The van der Waals surface area contributed by atoms with Gasteiger partial charge in [0.25, 0.3) is 0 Å². The number of Topliss-reactive ketones (excluding diaryl/α,β-unsaturated/α-hetero) is 1. The highest BCUT2D eigenvalue weighted by Gasteiger charge is 2.24. The molecule has 0 aliphatic carbocycles. The smallest absolute Gasteiger partial charge is 0.321 e. The molecule has 5 nitrogen and oxygen atoms in total. The molecule has 1 rings (SSSR count). The summed E-state index contributed by atoms with van der Waals surface area (Å²) in [4.78, 5) is 23.3. The van der Waals surface area contributed by atoms with E-state index in [0.717, 1.165) is 0 Å². The first-order chi connectivity index (χ1) is 9.53. The van der Waals surface area contributed by atoms with Crippen molar-refractivity contribution in [1.29, 1.82) is 0 Å². The van der Waals surface area contributed by atoms with Crippen LogP contribution in [0.2, 0.25) is 0 Å². The van der Waals surface area contributed by atoms with Crippen molar-refractivity contribution in [2.75, 3.05) is 12.9 Å². The van der Waals surface area contributed by atoms with Crippen LogP contribution in [0.3, 0.4) is 0 Å². The predicted octanol–water partition coefficient (Wildman–Crippen LogP) is 1.63. The van der Waals surface area contributed by atoms with Crippen LogP contribution >= 0.6 is 12.6 Å². The van der Waals surface area contributed by atoms with Crippen LogP contribution in [0.15, 0.2) is 24.3 Å². The number of nitrogens with one attached hydrogen (secondary N) is 1. The van der Waals surface area contributed by atoms with Crippen molar-refractivity contribution in [3.05, 3.63) is 29.8 Å². The average Bonchev–Trinajstić information content (AvgIpc) is 2.47. The van der Waals surface area contributed by atoms with Crippen molar-refractivity contribution in [1.82, 2.24) is 5.32 Å². The summed E-state index contributed by atoms with van der Waals surface area (Å²) in [5.74, 6) is -0.354. The number of thiol groups is 1. The van der Waals surface area contributed by atoms with E-state index in [-0.39, 0.29) is 11.5 Å². The molecular formula is C14H19NO4S. The minimum atomic E-state index is -1.01. The van der Waals surface area contributed by atoms with Crippen molar-refractivity contribution in [2.45, 2.75) is 25.4 Å². The first-order valence-corrected chi connectivity index (χ1v) is 6.94. The number of benzene rings is 1.